The minimum atomic E-state index is -0.491. The number of likely N-dealkylation sites (N-methyl/N-ethyl adjacent to an activating group) is 1. The number of Topliss-reactive ketones (excluding diaryl/α,β-unsaturated/α-hetero) is 1. The zero-order valence-electron chi connectivity index (χ0n) is 10.0. The second-order valence-corrected chi connectivity index (χ2v) is 4.53. The molecule has 0 spiro atoms. The lowest BCUT2D eigenvalue weighted by molar-refractivity contribution is 0.0755. The van der Waals surface area contributed by atoms with Gasteiger partial charge in [0.05, 0.1) is 5.54 Å². The zero-order valence-corrected chi connectivity index (χ0v) is 10.0. The van der Waals surface area contributed by atoms with E-state index in [9.17, 15) is 4.79 Å². The summed E-state index contributed by atoms with van der Waals surface area (Å²) in [5.74, 6) is 0.101. The summed E-state index contributed by atoms with van der Waals surface area (Å²) in [6.45, 7) is 5.77. The Morgan fingerprint density at radius 1 is 1.33 bits per heavy atom. The fourth-order valence-corrected chi connectivity index (χ4v) is 1.24. The van der Waals surface area contributed by atoms with Crippen LogP contribution in [-0.2, 0) is 0 Å². The normalized spacial score (nSPS) is 11.9. The molecule has 0 aliphatic heterocycles. The van der Waals surface area contributed by atoms with Crippen molar-refractivity contribution in [2.75, 3.05) is 14.1 Å². The molecule has 15 heavy (non-hydrogen) atoms. The van der Waals surface area contributed by atoms with Gasteiger partial charge in [-0.1, -0.05) is 0 Å². The Morgan fingerprint density at radius 3 is 2.40 bits per heavy atom. The van der Waals surface area contributed by atoms with E-state index in [1.165, 1.54) is 0 Å². The molecule has 1 heterocycles. The van der Waals surface area contributed by atoms with Gasteiger partial charge in [-0.2, -0.15) is 0 Å². The third-order valence-corrected chi connectivity index (χ3v) is 2.81. The SMILES string of the molecule is Cc1cncc(C(=O)C(C)(C)N(C)C)c1. The number of aryl methyl sites for hydroxylation is 1. The molecule has 0 saturated carbocycles. The highest BCUT2D eigenvalue weighted by Gasteiger charge is 2.30. The Bertz CT molecular complexity index is 370. The molecule has 0 N–H and O–H groups in total. The van der Waals surface area contributed by atoms with Crippen LogP contribution < -0.4 is 0 Å². The van der Waals surface area contributed by atoms with Crippen LogP contribution in [0.1, 0.15) is 29.8 Å². The lowest BCUT2D eigenvalue weighted by atomic mass is 9.92. The first-order chi connectivity index (χ1) is 6.85. The van der Waals surface area contributed by atoms with Crippen LogP contribution >= 0.6 is 0 Å². The minimum Gasteiger partial charge on any atom is -0.297 e. The monoisotopic (exact) mass is 206 g/mol. The van der Waals surface area contributed by atoms with Gasteiger partial charge in [0.15, 0.2) is 5.78 Å². The van der Waals surface area contributed by atoms with Gasteiger partial charge in [0.25, 0.3) is 0 Å². The third-order valence-electron chi connectivity index (χ3n) is 2.81. The molecule has 3 heteroatoms. The summed E-state index contributed by atoms with van der Waals surface area (Å²) in [7, 11) is 3.81. The Balaban J connectivity index is 3.05. The van der Waals surface area contributed by atoms with Crippen molar-refractivity contribution in [3.8, 4) is 0 Å². The van der Waals surface area contributed by atoms with Crippen molar-refractivity contribution in [2.45, 2.75) is 26.3 Å². The van der Waals surface area contributed by atoms with Crippen molar-refractivity contribution in [2.24, 2.45) is 0 Å². The Morgan fingerprint density at radius 2 is 1.93 bits per heavy atom. The lowest BCUT2D eigenvalue weighted by Gasteiger charge is -2.30. The molecule has 0 atom stereocenters. The van der Waals surface area contributed by atoms with Gasteiger partial charge < -0.3 is 0 Å². The Kier molecular flexibility index (Phi) is 3.25. The van der Waals surface area contributed by atoms with Crippen molar-refractivity contribution in [1.82, 2.24) is 9.88 Å². The zero-order chi connectivity index (χ0) is 11.6. The number of carbonyl (C=O) groups is 1. The summed E-state index contributed by atoms with van der Waals surface area (Å²) in [5, 5.41) is 0. The van der Waals surface area contributed by atoms with E-state index in [0.29, 0.717) is 5.56 Å². The van der Waals surface area contributed by atoms with Crippen LogP contribution in [0.2, 0.25) is 0 Å². The van der Waals surface area contributed by atoms with Crippen LogP contribution in [0, 0.1) is 6.92 Å². The highest BCUT2D eigenvalue weighted by atomic mass is 16.1. The first kappa shape index (κ1) is 11.9. The minimum absolute atomic E-state index is 0.101. The van der Waals surface area contributed by atoms with Crippen LogP contribution in [0.4, 0.5) is 0 Å². The molecule has 0 unspecified atom stereocenters. The van der Waals surface area contributed by atoms with Gasteiger partial charge in [-0.05, 0) is 46.5 Å². The second-order valence-electron chi connectivity index (χ2n) is 4.53. The molecule has 0 aliphatic carbocycles. The summed E-state index contributed by atoms with van der Waals surface area (Å²) in [6, 6.07) is 1.88. The van der Waals surface area contributed by atoms with Gasteiger partial charge in [0.1, 0.15) is 0 Å². The molecule has 0 saturated heterocycles. The van der Waals surface area contributed by atoms with Crippen molar-refractivity contribution in [3.63, 3.8) is 0 Å². The third kappa shape index (κ3) is 2.42. The molecule has 3 nitrogen and oxygen atoms in total. The van der Waals surface area contributed by atoms with Gasteiger partial charge in [0.2, 0.25) is 0 Å². The number of hydrogen-bond donors (Lipinski definition) is 0. The second kappa shape index (κ2) is 4.11. The molecule has 82 valence electrons. The van der Waals surface area contributed by atoms with Crippen LogP contribution in [0.15, 0.2) is 18.5 Å². The van der Waals surface area contributed by atoms with E-state index in [1.54, 1.807) is 12.4 Å². The van der Waals surface area contributed by atoms with Crippen molar-refractivity contribution < 1.29 is 4.79 Å². The van der Waals surface area contributed by atoms with Crippen molar-refractivity contribution >= 4 is 5.78 Å². The maximum absolute atomic E-state index is 12.2. The molecule has 0 amide bonds. The summed E-state index contributed by atoms with van der Waals surface area (Å²) < 4.78 is 0. The topological polar surface area (TPSA) is 33.2 Å². The summed E-state index contributed by atoms with van der Waals surface area (Å²) >= 11 is 0. The predicted octanol–water partition coefficient (Wildman–Crippen LogP) is 1.91. The first-order valence-corrected chi connectivity index (χ1v) is 4.99. The summed E-state index contributed by atoms with van der Waals surface area (Å²) in [6.07, 6.45) is 3.38. The average molecular weight is 206 g/mol. The maximum atomic E-state index is 12.2. The molecule has 1 aromatic rings. The number of aromatic nitrogens is 1. The van der Waals surface area contributed by atoms with E-state index in [-0.39, 0.29) is 5.78 Å². The van der Waals surface area contributed by atoms with E-state index in [4.69, 9.17) is 0 Å². The van der Waals surface area contributed by atoms with Crippen LogP contribution in [0.3, 0.4) is 0 Å². The molecule has 0 bridgehead atoms. The number of nitrogens with zero attached hydrogens (tertiary/aromatic N) is 2. The Labute approximate surface area is 91.1 Å². The number of ketones is 1. The van der Waals surface area contributed by atoms with Crippen molar-refractivity contribution in [3.05, 3.63) is 29.6 Å². The average Bonchev–Trinajstić information content (AvgIpc) is 2.16. The highest BCUT2D eigenvalue weighted by Crippen LogP contribution is 2.17. The maximum Gasteiger partial charge on any atom is 0.184 e. The fourth-order valence-electron chi connectivity index (χ4n) is 1.24. The quantitative estimate of drug-likeness (QED) is 0.708. The fraction of sp³-hybridized carbons (Fsp3) is 0.500. The highest BCUT2D eigenvalue weighted by molar-refractivity contribution is 6.02. The number of rotatable bonds is 3. The van der Waals surface area contributed by atoms with Gasteiger partial charge in [-0.25, -0.2) is 0 Å². The summed E-state index contributed by atoms with van der Waals surface area (Å²) in [5.41, 5.74) is 1.19. The van der Waals surface area contributed by atoms with E-state index in [2.05, 4.69) is 4.98 Å². The molecule has 1 aromatic heterocycles. The van der Waals surface area contributed by atoms with E-state index in [1.807, 2.05) is 45.8 Å². The smallest absolute Gasteiger partial charge is 0.184 e. The molecule has 0 fully saturated rings. The van der Waals surface area contributed by atoms with Crippen LogP contribution in [0.25, 0.3) is 0 Å². The van der Waals surface area contributed by atoms with E-state index in [0.717, 1.165) is 5.56 Å². The standard InChI is InChI=1S/C12H18N2O/c1-9-6-10(8-13-7-9)11(15)12(2,3)14(4)5/h6-8H,1-5H3. The van der Waals surface area contributed by atoms with Gasteiger partial charge in [0, 0.05) is 18.0 Å². The van der Waals surface area contributed by atoms with Crippen LogP contribution in [0.5, 0.6) is 0 Å². The lowest BCUT2D eigenvalue weighted by Crippen LogP contribution is -2.45. The molecule has 0 aromatic carbocycles. The molecule has 1 rings (SSSR count). The molecule has 0 radical (unpaired) electrons. The Hall–Kier alpha value is -1.22. The number of hydrogen-bond acceptors (Lipinski definition) is 3. The van der Waals surface area contributed by atoms with Gasteiger partial charge >= 0.3 is 0 Å². The van der Waals surface area contributed by atoms with Gasteiger partial charge in [-0.15, -0.1) is 0 Å². The first-order valence-electron chi connectivity index (χ1n) is 4.99. The number of pyridine rings is 1. The molecule has 0 aliphatic rings. The number of carbonyl (C=O) groups excluding carboxylic acids is 1. The van der Waals surface area contributed by atoms with E-state index < -0.39 is 5.54 Å². The van der Waals surface area contributed by atoms with Crippen molar-refractivity contribution in [1.29, 1.82) is 0 Å². The molecular formula is C12H18N2O. The van der Waals surface area contributed by atoms with E-state index >= 15 is 0 Å². The molecular weight excluding hydrogens is 188 g/mol. The summed E-state index contributed by atoms with van der Waals surface area (Å²) in [4.78, 5) is 18.1. The van der Waals surface area contributed by atoms with Crippen LogP contribution in [-0.4, -0.2) is 35.3 Å². The predicted molar refractivity (Wildman–Crippen MR) is 61.1 cm³/mol. The largest absolute Gasteiger partial charge is 0.297 e. The van der Waals surface area contributed by atoms with Gasteiger partial charge in [-0.3, -0.25) is 14.7 Å².